The summed E-state index contributed by atoms with van der Waals surface area (Å²) in [6.07, 6.45) is 1.92. The van der Waals surface area contributed by atoms with Gasteiger partial charge in [0.1, 0.15) is 11.5 Å². The van der Waals surface area contributed by atoms with E-state index in [9.17, 15) is 4.79 Å². The van der Waals surface area contributed by atoms with Gasteiger partial charge in [-0.3, -0.25) is 9.89 Å². The number of aromatic amines is 1. The first-order valence-electron chi connectivity index (χ1n) is 6.80. The minimum atomic E-state index is -0.0778. The number of amides is 1. The number of H-pyrrole nitrogens is 1. The zero-order valence-electron chi connectivity index (χ0n) is 11.4. The molecule has 6 nitrogen and oxygen atoms in total. The normalized spacial score (nSPS) is 19.3. The molecule has 1 amide bonds. The van der Waals surface area contributed by atoms with Crippen LogP contribution in [0.25, 0.3) is 11.5 Å². The number of nitrogens with zero attached hydrogens (tertiary/aromatic N) is 2. The van der Waals surface area contributed by atoms with E-state index >= 15 is 0 Å². The summed E-state index contributed by atoms with van der Waals surface area (Å²) in [4.78, 5) is 14.1. The van der Waals surface area contributed by atoms with Crippen molar-refractivity contribution in [3.63, 3.8) is 0 Å². The standard InChI is InChI=1S/C14H18N4O2/c1-9-4-5-13(20-9)11-7-12(17-16-11)14(19)18-6-2-3-10(15)8-18/h4-5,7,10H,2-3,6,8,15H2,1H3,(H,16,17). The van der Waals surface area contributed by atoms with E-state index in [1.807, 2.05) is 19.1 Å². The Morgan fingerprint density at radius 2 is 2.40 bits per heavy atom. The van der Waals surface area contributed by atoms with Crippen LogP contribution in [0.15, 0.2) is 22.6 Å². The van der Waals surface area contributed by atoms with E-state index in [1.54, 1.807) is 11.0 Å². The maximum Gasteiger partial charge on any atom is 0.274 e. The molecule has 0 aliphatic carbocycles. The van der Waals surface area contributed by atoms with Crippen LogP contribution in [0, 0.1) is 6.92 Å². The number of aryl methyl sites for hydroxylation is 1. The van der Waals surface area contributed by atoms with Gasteiger partial charge in [0.25, 0.3) is 5.91 Å². The van der Waals surface area contributed by atoms with E-state index in [1.165, 1.54) is 0 Å². The van der Waals surface area contributed by atoms with Crippen LogP contribution in [-0.2, 0) is 0 Å². The van der Waals surface area contributed by atoms with Gasteiger partial charge in [-0.15, -0.1) is 0 Å². The van der Waals surface area contributed by atoms with Gasteiger partial charge in [-0.2, -0.15) is 5.10 Å². The summed E-state index contributed by atoms with van der Waals surface area (Å²) < 4.78 is 5.51. The van der Waals surface area contributed by atoms with Crippen molar-refractivity contribution in [1.82, 2.24) is 15.1 Å². The summed E-state index contributed by atoms with van der Waals surface area (Å²) in [5, 5.41) is 6.93. The molecule has 0 radical (unpaired) electrons. The largest absolute Gasteiger partial charge is 0.460 e. The highest BCUT2D eigenvalue weighted by molar-refractivity contribution is 5.93. The summed E-state index contributed by atoms with van der Waals surface area (Å²) in [5.74, 6) is 1.43. The summed E-state index contributed by atoms with van der Waals surface area (Å²) in [7, 11) is 0. The van der Waals surface area contributed by atoms with Crippen LogP contribution in [0.2, 0.25) is 0 Å². The molecule has 3 heterocycles. The fourth-order valence-electron chi connectivity index (χ4n) is 2.49. The Hall–Kier alpha value is -2.08. The number of piperidine rings is 1. The number of nitrogens with two attached hydrogens (primary N) is 1. The third-order valence-corrected chi connectivity index (χ3v) is 3.55. The van der Waals surface area contributed by atoms with Crippen LogP contribution in [0.3, 0.4) is 0 Å². The van der Waals surface area contributed by atoms with Crippen LogP contribution in [0.1, 0.15) is 29.1 Å². The van der Waals surface area contributed by atoms with Gasteiger partial charge in [0.05, 0.1) is 0 Å². The molecule has 0 aromatic carbocycles. The van der Waals surface area contributed by atoms with Gasteiger partial charge in [0, 0.05) is 25.2 Å². The van der Waals surface area contributed by atoms with Gasteiger partial charge in [-0.05, 0) is 31.9 Å². The molecule has 1 saturated heterocycles. The molecule has 1 atom stereocenters. The Bertz CT molecular complexity index is 616. The Morgan fingerprint density at radius 3 is 3.10 bits per heavy atom. The van der Waals surface area contributed by atoms with Crippen molar-refractivity contribution >= 4 is 5.91 Å². The second-order valence-electron chi connectivity index (χ2n) is 5.23. The highest BCUT2D eigenvalue weighted by Gasteiger charge is 2.24. The average molecular weight is 274 g/mol. The summed E-state index contributed by atoms with van der Waals surface area (Å²) in [6.45, 7) is 3.22. The fourth-order valence-corrected chi connectivity index (χ4v) is 2.49. The number of hydrogen-bond acceptors (Lipinski definition) is 4. The molecule has 1 fully saturated rings. The number of likely N-dealkylation sites (tertiary alicyclic amines) is 1. The first-order valence-corrected chi connectivity index (χ1v) is 6.80. The molecule has 0 bridgehead atoms. The van der Waals surface area contributed by atoms with Gasteiger partial charge in [-0.25, -0.2) is 0 Å². The van der Waals surface area contributed by atoms with Crippen LogP contribution in [-0.4, -0.2) is 40.1 Å². The zero-order chi connectivity index (χ0) is 14.1. The molecule has 1 aliphatic rings. The van der Waals surface area contributed by atoms with Gasteiger partial charge in [0.15, 0.2) is 11.5 Å². The molecule has 3 N–H and O–H groups in total. The Morgan fingerprint density at radius 1 is 1.55 bits per heavy atom. The summed E-state index contributed by atoms with van der Waals surface area (Å²) >= 11 is 0. The molecule has 0 spiro atoms. The van der Waals surface area contributed by atoms with E-state index in [2.05, 4.69) is 10.2 Å². The number of hydrogen-bond donors (Lipinski definition) is 2. The second kappa shape index (κ2) is 5.13. The number of carbonyl (C=O) groups is 1. The number of nitrogens with one attached hydrogen (secondary N) is 1. The van der Waals surface area contributed by atoms with Crippen molar-refractivity contribution in [3.8, 4) is 11.5 Å². The number of rotatable bonds is 2. The van der Waals surface area contributed by atoms with Crippen LogP contribution < -0.4 is 5.73 Å². The van der Waals surface area contributed by atoms with Crippen molar-refractivity contribution in [3.05, 3.63) is 29.7 Å². The third kappa shape index (κ3) is 2.46. The predicted octanol–water partition coefficient (Wildman–Crippen LogP) is 1.54. The molecule has 106 valence electrons. The van der Waals surface area contributed by atoms with Gasteiger partial charge in [0.2, 0.25) is 0 Å². The first-order chi connectivity index (χ1) is 9.63. The molecular weight excluding hydrogens is 256 g/mol. The first kappa shape index (κ1) is 12.9. The summed E-state index contributed by atoms with van der Waals surface area (Å²) in [5.41, 5.74) is 7.02. The third-order valence-electron chi connectivity index (χ3n) is 3.55. The molecule has 1 aliphatic heterocycles. The fraction of sp³-hybridized carbons (Fsp3) is 0.429. The molecule has 3 rings (SSSR count). The van der Waals surface area contributed by atoms with Crippen molar-refractivity contribution < 1.29 is 9.21 Å². The van der Waals surface area contributed by atoms with E-state index in [4.69, 9.17) is 10.2 Å². The lowest BCUT2D eigenvalue weighted by Gasteiger charge is -2.30. The summed E-state index contributed by atoms with van der Waals surface area (Å²) in [6, 6.07) is 5.52. The van der Waals surface area contributed by atoms with Gasteiger partial charge >= 0.3 is 0 Å². The predicted molar refractivity (Wildman–Crippen MR) is 74.1 cm³/mol. The smallest absolute Gasteiger partial charge is 0.274 e. The monoisotopic (exact) mass is 274 g/mol. The van der Waals surface area contributed by atoms with Crippen LogP contribution in [0.4, 0.5) is 0 Å². The molecule has 1 unspecified atom stereocenters. The number of aromatic nitrogens is 2. The molecule has 2 aromatic rings. The zero-order valence-corrected chi connectivity index (χ0v) is 11.4. The van der Waals surface area contributed by atoms with E-state index in [0.29, 0.717) is 23.7 Å². The van der Waals surface area contributed by atoms with E-state index in [-0.39, 0.29) is 11.9 Å². The molecule has 2 aromatic heterocycles. The molecular formula is C14H18N4O2. The minimum absolute atomic E-state index is 0.0684. The highest BCUT2D eigenvalue weighted by atomic mass is 16.3. The average Bonchev–Trinajstić information content (AvgIpc) is 3.06. The minimum Gasteiger partial charge on any atom is -0.460 e. The molecule has 20 heavy (non-hydrogen) atoms. The second-order valence-corrected chi connectivity index (χ2v) is 5.23. The topological polar surface area (TPSA) is 88.1 Å². The number of carbonyl (C=O) groups excluding carboxylic acids is 1. The lowest BCUT2D eigenvalue weighted by Crippen LogP contribution is -2.45. The van der Waals surface area contributed by atoms with Gasteiger partial charge in [-0.1, -0.05) is 0 Å². The Kier molecular flexibility index (Phi) is 3.31. The quantitative estimate of drug-likeness (QED) is 0.869. The lowest BCUT2D eigenvalue weighted by molar-refractivity contribution is 0.0703. The van der Waals surface area contributed by atoms with E-state index in [0.717, 1.165) is 25.1 Å². The van der Waals surface area contributed by atoms with Gasteiger partial charge < -0.3 is 15.1 Å². The maximum absolute atomic E-state index is 12.4. The SMILES string of the molecule is Cc1ccc(-c2cc(C(=O)N3CCCC(N)C3)n[nH]2)o1. The Labute approximate surface area is 116 Å². The number of furan rings is 1. The lowest BCUT2D eigenvalue weighted by atomic mass is 10.1. The van der Waals surface area contributed by atoms with Crippen molar-refractivity contribution in [2.45, 2.75) is 25.8 Å². The van der Waals surface area contributed by atoms with Crippen molar-refractivity contribution in [2.24, 2.45) is 5.73 Å². The van der Waals surface area contributed by atoms with Crippen LogP contribution in [0.5, 0.6) is 0 Å². The highest BCUT2D eigenvalue weighted by Crippen LogP contribution is 2.21. The molecule has 0 saturated carbocycles. The van der Waals surface area contributed by atoms with E-state index < -0.39 is 0 Å². The van der Waals surface area contributed by atoms with Crippen LogP contribution >= 0.6 is 0 Å². The van der Waals surface area contributed by atoms with Crippen molar-refractivity contribution in [2.75, 3.05) is 13.1 Å². The maximum atomic E-state index is 12.4. The van der Waals surface area contributed by atoms with Crippen molar-refractivity contribution in [1.29, 1.82) is 0 Å². The Balaban J connectivity index is 1.77. The molecule has 6 heteroatoms.